The summed E-state index contributed by atoms with van der Waals surface area (Å²) in [4.78, 5) is 17.7. The maximum atomic E-state index is 13.2. The second kappa shape index (κ2) is 9.37. The van der Waals surface area contributed by atoms with Gasteiger partial charge in [-0.05, 0) is 31.5 Å². The van der Waals surface area contributed by atoms with Crippen LogP contribution in [-0.2, 0) is 6.54 Å². The molecule has 0 radical (unpaired) electrons. The van der Waals surface area contributed by atoms with Gasteiger partial charge >= 0.3 is 0 Å². The third-order valence-corrected chi connectivity index (χ3v) is 5.87. The van der Waals surface area contributed by atoms with E-state index in [4.69, 9.17) is 16.7 Å². The highest BCUT2D eigenvalue weighted by atomic mass is 35.5. The van der Waals surface area contributed by atoms with Gasteiger partial charge in [0.15, 0.2) is 0 Å². The van der Waals surface area contributed by atoms with Gasteiger partial charge < -0.3 is 10.4 Å². The van der Waals surface area contributed by atoms with Crippen LogP contribution in [0, 0.1) is 6.92 Å². The van der Waals surface area contributed by atoms with E-state index >= 15 is 0 Å². The van der Waals surface area contributed by atoms with Crippen LogP contribution >= 0.6 is 20.8 Å². The molecule has 0 saturated carbocycles. The number of pyridine rings is 1. The monoisotopic (exact) mass is 466 g/mol. The number of nitrogens with one attached hydrogen (secondary N) is 1. The molecule has 2 N–H and O–H groups in total. The summed E-state index contributed by atoms with van der Waals surface area (Å²) in [6, 6.07) is 17.2. The van der Waals surface area contributed by atoms with Gasteiger partial charge in [-0.3, -0.25) is 4.79 Å². The van der Waals surface area contributed by atoms with Crippen molar-refractivity contribution in [2.45, 2.75) is 26.5 Å². The van der Waals surface area contributed by atoms with Crippen molar-refractivity contribution in [2.75, 3.05) is 11.9 Å². The van der Waals surface area contributed by atoms with Crippen LogP contribution in [0.3, 0.4) is 0 Å². The van der Waals surface area contributed by atoms with Gasteiger partial charge in [-0.15, -0.1) is 0 Å². The number of aromatic nitrogens is 3. The Labute approximate surface area is 193 Å². The average Bonchev–Trinajstić information content (AvgIpc) is 2.77. The van der Waals surface area contributed by atoms with Crippen LogP contribution in [0.2, 0.25) is 5.02 Å². The van der Waals surface area contributed by atoms with Gasteiger partial charge in [-0.25, -0.2) is 9.67 Å². The summed E-state index contributed by atoms with van der Waals surface area (Å²) in [5.74, 6) is 0.485. The summed E-state index contributed by atoms with van der Waals surface area (Å²) >= 11 is 6.49. The van der Waals surface area contributed by atoms with Crippen molar-refractivity contribution in [3.8, 4) is 11.3 Å². The largest absolute Gasteiger partial charge is 0.392 e. The van der Waals surface area contributed by atoms with Crippen LogP contribution in [0.25, 0.3) is 22.0 Å². The molecule has 0 aliphatic rings. The Morgan fingerprint density at radius 2 is 1.84 bits per heavy atom. The molecule has 2 unspecified atom stereocenters. The Morgan fingerprint density at radius 3 is 2.53 bits per heavy atom. The van der Waals surface area contributed by atoms with Crippen molar-refractivity contribution in [3.63, 3.8) is 0 Å². The lowest BCUT2D eigenvalue weighted by Gasteiger charge is -2.15. The normalized spacial score (nSPS) is 12.2. The van der Waals surface area contributed by atoms with Crippen molar-refractivity contribution < 1.29 is 5.11 Å². The molecule has 0 aliphatic heterocycles. The summed E-state index contributed by atoms with van der Waals surface area (Å²) in [6.45, 7) is 4.40. The maximum absolute atomic E-state index is 13.2. The van der Waals surface area contributed by atoms with Crippen LogP contribution < -0.4 is 16.3 Å². The second-order valence-electron chi connectivity index (χ2n) is 7.82. The predicted molar refractivity (Wildman–Crippen MR) is 134 cm³/mol. The van der Waals surface area contributed by atoms with Crippen molar-refractivity contribution in [1.82, 2.24) is 14.8 Å². The maximum Gasteiger partial charge on any atom is 0.274 e. The quantitative estimate of drug-likeness (QED) is 0.423. The minimum Gasteiger partial charge on any atom is -0.392 e. The van der Waals surface area contributed by atoms with Gasteiger partial charge in [-0.1, -0.05) is 68.9 Å². The van der Waals surface area contributed by atoms with Gasteiger partial charge in [0.1, 0.15) is 11.5 Å². The molecule has 0 saturated heterocycles. The Hall–Kier alpha value is -2.79. The lowest BCUT2D eigenvalue weighted by Crippen LogP contribution is -2.25. The van der Waals surface area contributed by atoms with Crippen molar-refractivity contribution >= 4 is 42.9 Å². The first-order valence-corrected chi connectivity index (χ1v) is 11.2. The lowest BCUT2D eigenvalue weighted by molar-refractivity contribution is 0.208. The third kappa shape index (κ3) is 4.68. The highest BCUT2D eigenvalue weighted by Gasteiger charge is 2.17. The molecule has 2 heterocycles. The molecule has 0 amide bonds. The molecule has 6 nitrogen and oxygen atoms in total. The Balaban J connectivity index is 1.85. The van der Waals surface area contributed by atoms with E-state index in [9.17, 15) is 9.90 Å². The summed E-state index contributed by atoms with van der Waals surface area (Å²) in [6.07, 6.45) is -0.531. The Morgan fingerprint density at radius 1 is 1.16 bits per heavy atom. The molecular formula is C24H24ClN4O2P. The zero-order valence-corrected chi connectivity index (χ0v) is 19.8. The average molecular weight is 467 g/mol. The highest BCUT2D eigenvalue weighted by molar-refractivity contribution is 7.27. The number of aliphatic hydroxyl groups is 1. The van der Waals surface area contributed by atoms with E-state index in [1.165, 1.54) is 4.68 Å². The van der Waals surface area contributed by atoms with Crippen molar-refractivity contribution in [2.24, 2.45) is 0 Å². The molecule has 2 aromatic heterocycles. The topological polar surface area (TPSA) is 80.0 Å². The predicted octanol–water partition coefficient (Wildman–Crippen LogP) is 3.76. The summed E-state index contributed by atoms with van der Waals surface area (Å²) in [5, 5.41) is 19.0. The molecule has 0 fully saturated rings. The standard InChI is InChI=1S/C24H24ClN4O2P/c1-14-7-9-16(10-8-14)13-29-24(31)18-6-4-3-5-17(18)21(28-29)19-11-20(25)22(27-23(19)32)26-12-15(2)30/h3-11,15,30H,12-13,32H2,1-2H3,(H,26,27). The first kappa shape index (κ1) is 22.4. The van der Waals surface area contributed by atoms with E-state index < -0.39 is 6.10 Å². The fourth-order valence-electron chi connectivity index (χ4n) is 3.47. The second-order valence-corrected chi connectivity index (χ2v) is 8.78. The molecular weight excluding hydrogens is 443 g/mol. The Bertz CT molecular complexity index is 1340. The van der Waals surface area contributed by atoms with Gasteiger partial charge in [0.2, 0.25) is 0 Å². The summed E-state index contributed by atoms with van der Waals surface area (Å²) < 4.78 is 1.49. The number of rotatable bonds is 6. The zero-order chi connectivity index (χ0) is 22.8. The number of aliphatic hydroxyl groups excluding tert-OH is 1. The summed E-state index contributed by atoms with van der Waals surface area (Å²) in [5.41, 5.74) is 3.99. The van der Waals surface area contributed by atoms with E-state index in [0.29, 0.717) is 40.4 Å². The number of fused-ring (bicyclic) bond motifs is 1. The molecule has 0 spiro atoms. The van der Waals surface area contributed by atoms with E-state index in [1.54, 1.807) is 13.0 Å². The zero-order valence-electron chi connectivity index (χ0n) is 17.8. The third-order valence-electron chi connectivity index (χ3n) is 5.15. The number of anilines is 1. The fraction of sp³-hybridized carbons (Fsp3) is 0.208. The molecule has 0 bridgehead atoms. The number of benzene rings is 2. The number of hydrogen-bond donors (Lipinski definition) is 2. The number of hydrogen-bond acceptors (Lipinski definition) is 5. The molecule has 4 aromatic rings. The Kier molecular flexibility index (Phi) is 6.56. The van der Waals surface area contributed by atoms with Gasteiger partial charge in [0.25, 0.3) is 5.56 Å². The molecule has 4 rings (SSSR count). The highest BCUT2D eigenvalue weighted by Crippen LogP contribution is 2.29. The minimum atomic E-state index is -0.531. The first-order valence-electron chi connectivity index (χ1n) is 10.3. The van der Waals surface area contributed by atoms with E-state index in [1.807, 2.05) is 55.5 Å². The molecule has 8 heteroatoms. The molecule has 0 aliphatic carbocycles. The van der Waals surface area contributed by atoms with Crippen molar-refractivity contribution in [1.29, 1.82) is 0 Å². The first-order chi connectivity index (χ1) is 15.3. The minimum absolute atomic E-state index is 0.149. The number of nitrogens with zero attached hydrogens (tertiary/aromatic N) is 3. The number of aryl methyl sites for hydroxylation is 1. The van der Waals surface area contributed by atoms with E-state index in [-0.39, 0.29) is 5.56 Å². The SMILES string of the molecule is Cc1ccc(Cn2nc(-c3cc(Cl)c(NCC(C)O)nc3P)c3ccccc3c2=O)cc1. The van der Waals surface area contributed by atoms with Crippen LogP contribution in [0.4, 0.5) is 5.82 Å². The van der Waals surface area contributed by atoms with Gasteiger partial charge in [0, 0.05) is 17.5 Å². The van der Waals surface area contributed by atoms with Crippen LogP contribution in [-0.4, -0.2) is 32.5 Å². The molecule has 2 atom stereocenters. The van der Waals surface area contributed by atoms with Gasteiger partial charge in [-0.2, -0.15) is 5.10 Å². The molecule has 164 valence electrons. The van der Waals surface area contributed by atoms with Crippen LogP contribution in [0.5, 0.6) is 0 Å². The lowest BCUT2D eigenvalue weighted by atomic mass is 10.1. The van der Waals surface area contributed by atoms with Crippen LogP contribution in [0.15, 0.2) is 59.4 Å². The van der Waals surface area contributed by atoms with Crippen LogP contribution in [0.1, 0.15) is 18.1 Å². The smallest absolute Gasteiger partial charge is 0.274 e. The molecule has 32 heavy (non-hydrogen) atoms. The fourth-order valence-corrected chi connectivity index (χ4v) is 4.04. The molecule has 2 aromatic carbocycles. The van der Waals surface area contributed by atoms with Gasteiger partial charge in [0.05, 0.1) is 28.5 Å². The number of halogens is 1. The van der Waals surface area contributed by atoms with E-state index in [2.05, 4.69) is 19.5 Å². The van der Waals surface area contributed by atoms with E-state index in [0.717, 1.165) is 22.1 Å². The summed E-state index contributed by atoms with van der Waals surface area (Å²) in [7, 11) is 2.61. The van der Waals surface area contributed by atoms with Crippen molar-refractivity contribution in [3.05, 3.63) is 81.1 Å².